The van der Waals surface area contributed by atoms with Gasteiger partial charge in [0.1, 0.15) is 12.0 Å². The highest BCUT2D eigenvalue weighted by molar-refractivity contribution is 5.85. The number of carbonyl (C=O) groups excluding carboxylic acids is 1. The molecule has 0 amide bonds. The number of oxazole rings is 1. The van der Waals surface area contributed by atoms with Crippen molar-refractivity contribution in [1.82, 2.24) is 4.98 Å². The first-order valence-corrected chi connectivity index (χ1v) is 12.4. The minimum atomic E-state index is -1.17. The predicted molar refractivity (Wildman–Crippen MR) is 133 cm³/mol. The summed E-state index contributed by atoms with van der Waals surface area (Å²) in [6.45, 7) is 7.05. The number of carboxylic acid groups (broad SMARTS) is 1. The molecule has 1 aromatic rings. The number of methoxy groups -OCH3 is 2. The first-order chi connectivity index (χ1) is 17.0. The number of Topliss-reactive ketones (excluding diaryl/α,β-unsaturated/α-hetero) is 1. The van der Waals surface area contributed by atoms with Gasteiger partial charge < -0.3 is 34.3 Å². The van der Waals surface area contributed by atoms with Crippen molar-refractivity contribution < 1.29 is 43.9 Å². The number of aromatic carboxylic acids is 1. The van der Waals surface area contributed by atoms with Gasteiger partial charge in [0.25, 0.3) is 0 Å². The molecule has 10 nitrogen and oxygen atoms in total. The molecule has 0 aliphatic heterocycles. The summed E-state index contributed by atoms with van der Waals surface area (Å²) < 4.78 is 16.3. The Morgan fingerprint density at radius 2 is 1.72 bits per heavy atom. The first-order valence-electron chi connectivity index (χ1n) is 12.4. The van der Waals surface area contributed by atoms with E-state index in [-0.39, 0.29) is 60.4 Å². The molecule has 0 aliphatic rings. The summed E-state index contributed by atoms with van der Waals surface area (Å²) in [5.41, 5.74) is -0.173. The molecule has 36 heavy (non-hydrogen) atoms. The lowest BCUT2D eigenvalue weighted by Gasteiger charge is -2.31. The van der Waals surface area contributed by atoms with Crippen molar-refractivity contribution in [2.45, 2.75) is 77.8 Å². The number of aliphatic hydroxyl groups excluding tert-OH is 3. The van der Waals surface area contributed by atoms with E-state index in [9.17, 15) is 24.9 Å². The number of nitrogens with zero attached hydrogens (tertiary/aromatic N) is 1. The van der Waals surface area contributed by atoms with Crippen LogP contribution in [-0.4, -0.2) is 82.4 Å². The highest BCUT2D eigenvalue weighted by atomic mass is 16.5. The van der Waals surface area contributed by atoms with Crippen LogP contribution in [0.15, 0.2) is 16.8 Å². The van der Waals surface area contributed by atoms with Crippen LogP contribution in [0.1, 0.15) is 69.8 Å². The molecule has 0 aromatic carbocycles. The zero-order chi connectivity index (χ0) is 27.4. The monoisotopic (exact) mass is 513 g/mol. The Balaban J connectivity index is 2.62. The van der Waals surface area contributed by atoms with Gasteiger partial charge >= 0.3 is 5.97 Å². The van der Waals surface area contributed by atoms with Crippen LogP contribution in [0.5, 0.6) is 0 Å². The van der Waals surface area contributed by atoms with Crippen molar-refractivity contribution in [1.29, 1.82) is 0 Å². The van der Waals surface area contributed by atoms with Crippen molar-refractivity contribution in [3.8, 4) is 0 Å². The van der Waals surface area contributed by atoms with Crippen molar-refractivity contribution in [3.05, 3.63) is 23.9 Å². The van der Waals surface area contributed by atoms with E-state index in [4.69, 9.17) is 19.0 Å². The van der Waals surface area contributed by atoms with E-state index < -0.39 is 24.1 Å². The maximum Gasteiger partial charge on any atom is 0.357 e. The molecule has 1 aromatic heterocycles. The number of ketones is 1. The molecule has 0 unspecified atom stereocenters. The lowest BCUT2D eigenvalue weighted by molar-refractivity contribution is -0.127. The van der Waals surface area contributed by atoms with E-state index in [1.165, 1.54) is 0 Å². The van der Waals surface area contributed by atoms with E-state index in [2.05, 4.69) is 4.98 Å². The van der Waals surface area contributed by atoms with Gasteiger partial charge in [-0.3, -0.25) is 4.79 Å². The third kappa shape index (κ3) is 9.74. The standard InChI is InChI=1S/C26H43NO9/c1-15(10-11-20(29)18(4)25(31)16(2)13-28)23(35-6)12-21(30)17(3)22(34-5)8-7-9-24-27-19(14-36-24)26(32)33/h7,9,14-18,21-23,25,28,30-31H,8,10-13H2,1-6H3,(H,32,33)/b9-7+/t15-,16+,17-,18-,21-,22-,23-,25+/m0/s1. The minimum Gasteiger partial charge on any atom is -0.476 e. The molecule has 0 saturated carbocycles. The van der Waals surface area contributed by atoms with Crippen LogP contribution in [0.2, 0.25) is 0 Å². The largest absolute Gasteiger partial charge is 0.476 e. The summed E-state index contributed by atoms with van der Waals surface area (Å²) in [4.78, 5) is 27.3. The number of aliphatic hydroxyl groups is 3. The van der Waals surface area contributed by atoms with Crippen LogP contribution in [0.25, 0.3) is 6.08 Å². The Hall–Kier alpha value is -2.11. The Kier molecular flexibility index (Phi) is 14.1. The average Bonchev–Trinajstić information content (AvgIpc) is 3.35. The summed E-state index contributed by atoms with van der Waals surface area (Å²) in [5.74, 6) is -2.23. The predicted octanol–water partition coefficient (Wildman–Crippen LogP) is 2.80. The fourth-order valence-electron chi connectivity index (χ4n) is 4.13. The van der Waals surface area contributed by atoms with Crippen LogP contribution in [0.3, 0.4) is 0 Å². The molecule has 0 saturated heterocycles. The molecular formula is C26H43NO9. The van der Waals surface area contributed by atoms with Crippen LogP contribution >= 0.6 is 0 Å². The Morgan fingerprint density at radius 1 is 1.08 bits per heavy atom. The molecule has 0 bridgehead atoms. The molecule has 0 aliphatic carbocycles. The molecule has 10 heteroatoms. The molecule has 0 fully saturated rings. The number of rotatable bonds is 18. The van der Waals surface area contributed by atoms with E-state index in [1.54, 1.807) is 40.2 Å². The van der Waals surface area contributed by atoms with E-state index >= 15 is 0 Å². The number of carboxylic acids is 1. The van der Waals surface area contributed by atoms with Gasteiger partial charge in [-0.25, -0.2) is 9.78 Å². The highest BCUT2D eigenvalue weighted by Gasteiger charge is 2.30. The number of hydrogen-bond donors (Lipinski definition) is 4. The van der Waals surface area contributed by atoms with Gasteiger partial charge in [-0.05, 0) is 24.8 Å². The van der Waals surface area contributed by atoms with Gasteiger partial charge in [0.15, 0.2) is 5.69 Å². The Bertz CT molecular complexity index is 824. The van der Waals surface area contributed by atoms with Gasteiger partial charge in [0, 0.05) is 51.4 Å². The molecule has 206 valence electrons. The van der Waals surface area contributed by atoms with Crippen LogP contribution in [-0.2, 0) is 14.3 Å². The van der Waals surface area contributed by atoms with Gasteiger partial charge in [-0.2, -0.15) is 0 Å². The SMILES string of the molecule is CO[C@@H](C/C=C/c1nc(C(=O)O)co1)[C@@H](C)[C@@H](O)C[C@H](OC)[C@@H](C)CCC(=O)[C@H](C)[C@H](O)[C@H](C)CO. The minimum absolute atomic E-state index is 0.00485. The molecule has 0 spiro atoms. The van der Waals surface area contributed by atoms with Crippen molar-refractivity contribution in [2.75, 3.05) is 20.8 Å². The van der Waals surface area contributed by atoms with Crippen LogP contribution in [0.4, 0.5) is 0 Å². The number of aromatic nitrogens is 1. The summed E-state index contributed by atoms with van der Waals surface area (Å²) in [6.07, 6.45) is 3.83. The van der Waals surface area contributed by atoms with Crippen LogP contribution < -0.4 is 0 Å². The summed E-state index contributed by atoms with van der Waals surface area (Å²) in [6, 6.07) is 0. The normalized spacial score (nSPS) is 18.8. The number of hydrogen-bond acceptors (Lipinski definition) is 9. The lowest BCUT2D eigenvalue weighted by atomic mass is 9.85. The summed E-state index contributed by atoms with van der Waals surface area (Å²) >= 11 is 0. The van der Waals surface area contributed by atoms with E-state index in [0.717, 1.165) is 6.26 Å². The molecular weight excluding hydrogens is 470 g/mol. The Morgan fingerprint density at radius 3 is 2.25 bits per heavy atom. The van der Waals surface area contributed by atoms with Crippen LogP contribution in [0, 0.1) is 23.7 Å². The zero-order valence-electron chi connectivity index (χ0n) is 22.2. The Labute approximate surface area is 213 Å². The van der Waals surface area contributed by atoms with E-state index in [0.29, 0.717) is 19.3 Å². The molecule has 1 rings (SSSR count). The molecule has 4 N–H and O–H groups in total. The second-order valence-electron chi connectivity index (χ2n) is 9.65. The smallest absolute Gasteiger partial charge is 0.357 e. The third-order valence-corrected chi connectivity index (χ3v) is 7.01. The topological polar surface area (TPSA) is 160 Å². The molecule has 1 heterocycles. The second kappa shape index (κ2) is 15.9. The fraction of sp³-hybridized carbons (Fsp3) is 0.731. The van der Waals surface area contributed by atoms with Gasteiger partial charge in [-0.1, -0.05) is 33.8 Å². The second-order valence-corrected chi connectivity index (χ2v) is 9.65. The van der Waals surface area contributed by atoms with Gasteiger partial charge in [0.2, 0.25) is 5.89 Å². The number of ether oxygens (including phenoxy) is 2. The average molecular weight is 514 g/mol. The molecule has 0 radical (unpaired) electrons. The molecule has 8 atom stereocenters. The summed E-state index contributed by atoms with van der Waals surface area (Å²) in [5, 5.41) is 39.2. The summed E-state index contributed by atoms with van der Waals surface area (Å²) in [7, 11) is 3.14. The third-order valence-electron chi connectivity index (χ3n) is 7.01. The van der Waals surface area contributed by atoms with Crippen molar-refractivity contribution in [3.63, 3.8) is 0 Å². The quantitative estimate of drug-likeness (QED) is 0.230. The van der Waals surface area contributed by atoms with Gasteiger partial charge in [-0.15, -0.1) is 0 Å². The zero-order valence-corrected chi connectivity index (χ0v) is 22.2. The maximum atomic E-state index is 12.5. The maximum absolute atomic E-state index is 12.5. The number of carbonyl (C=O) groups is 2. The fourth-order valence-corrected chi connectivity index (χ4v) is 4.13. The van der Waals surface area contributed by atoms with Crippen molar-refractivity contribution >= 4 is 17.8 Å². The highest BCUT2D eigenvalue weighted by Crippen LogP contribution is 2.26. The lowest BCUT2D eigenvalue weighted by Crippen LogP contribution is -2.36. The first kappa shape index (κ1) is 31.9. The van der Waals surface area contributed by atoms with Gasteiger partial charge in [0.05, 0.1) is 24.4 Å². The van der Waals surface area contributed by atoms with E-state index in [1.807, 2.05) is 13.8 Å². The van der Waals surface area contributed by atoms with Crippen molar-refractivity contribution in [2.24, 2.45) is 23.7 Å².